The maximum absolute atomic E-state index is 10.7. The van der Waals surface area contributed by atoms with E-state index in [2.05, 4.69) is 0 Å². The fraction of sp³-hybridized carbons (Fsp3) is 0.500. The van der Waals surface area contributed by atoms with Gasteiger partial charge in [-0.2, -0.15) is 0 Å². The molecular weight excluding hydrogens is 134 g/mol. The highest BCUT2D eigenvalue weighted by molar-refractivity contribution is 5.90. The second-order valence-electron chi connectivity index (χ2n) is 2.03. The minimum Gasteiger partial charge on any atom is -0.395 e. The van der Waals surface area contributed by atoms with Gasteiger partial charge >= 0.3 is 0 Å². The van der Waals surface area contributed by atoms with Crippen LogP contribution in [0.15, 0.2) is 12.2 Å². The van der Waals surface area contributed by atoms with E-state index in [9.17, 15) is 4.79 Å². The second-order valence-corrected chi connectivity index (χ2v) is 2.03. The standard InChI is InChI=1S/C6H9NO3/c8-4-3-7-5(9)1-2-6(7)10/h1-2,5,8-9H,3-4H2/t5-/m0/s1. The number of amides is 1. The van der Waals surface area contributed by atoms with E-state index in [1.54, 1.807) is 0 Å². The van der Waals surface area contributed by atoms with Crippen molar-refractivity contribution in [2.24, 2.45) is 0 Å². The highest BCUT2D eigenvalue weighted by Gasteiger charge is 2.22. The Bertz CT molecular complexity index is 166. The van der Waals surface area contributed by atoms with Crippen molar-refractivity contribution in [1.82, 2.24) is 4.90 Å². The SMILES string of the molecule is O=C1C=C[C@H](O)N1CCO. The first-order valence-electron chi connectivity index (χ1n) is 3.03. The number of aliphatic hydroxyl groups is 2. The smallest absolute Gasteiger partial charge is 0.248 e. The van der Waals surface area contributed by atoms with Crippen molar-refractivity contribution in [3.63, 3.8) is 0 Å². The summed E-state index contributed by atoms with van der Waals surface area (Å²) >= 11 is 0. The fourth-order valence-electron chi connectivity index (χ4n) is 0.849. The molecule has 0 saturated heterocycles. The first kappa shape index (κ1) is 7.24. The van der Waals surface area contributed by atoms with Crippen LogP contribution in [0.4, 0.5) is 0 Å². The van der Waals surface area contributed by atoms with Crippen molar-refractivity contribution in [3.05, 3.63) is 12.2 Å². The zero-order valence-corrected chi connectivity index (χ0v) is 5.40. The van der Waals surface area contributed by atoms with Crippen LogP contribution in [0.25, 0.3) is 0 Å². The summed E-state index contributed by atoms with van der Waals surface area (Å²) in [7, 11) is 0. The van der Waals surface area contributed by atoms with Crippen LogP contribution in [0.3, 0.4) is 0 Å². The van der Waals surface area contributed by atoms with Gasteiger partial charge in [0.25, 0.3) is 0 Å². The van der Waals surface area contributed by atoms with Gasteiger partial charge in [0, 0.05) is 12.6 Å². The molecule has 0 aromatic rings. The topological polar surface area (TPSA) is 60.8 Å². The molecule has 56 valence electrons. The Balaban J connectivity index is 2.52. The lowest BCUT2D eigenvalue weighted by molar-refractivity contribution is -0.131. The summed E-state index contributed by atoms with van der Waals surface area (Å²) in [6.45, 7) is 0.0669. The third-order valence-electron chi connectivity index (χ3n) is 1.35. The number of aliphatic hydroxyl groups excluding tert-OH is 2. The Morgan fingerprint density at radius 2 is 2.40 bits per heavy atom. The van der Waals surface area contributed by atoms with Crippen molar-refractivity contribution < 1.29 is 15.0 Å². The Hall–Kier alpha value is -0.870. The van der Waals surface area contributed by atoms with Crippen LogP contribution in [0, 0.1) is 0 Å². The summed E-state index contributed by atoms with van der Waals surface area (Å²) in [5.74, 6) is -0.249. The van der Waals surface area contributed by atoms with E-state index < -0.39 is 6.23 Å². The molecule has 1 rings (SSSR count). The number of carbonyl (C=O) groups excluding carboxylic acids is 1. The van der Waals surface area contributed by atoms with E-state index in [0.29, 0.717) is 0 Å². The number of hydrogen-bond donors (Lipinski definition) is 2. The van der Waals surface area contributed by atoms with Crippen LogP contribution >= 0.6 is 0 Å². The highest BCUT2D eigenvalue weighted by atomic mass is 16.3. The summed E-state index contributed by atoms with van der Waals surface area (Å²) in [5, 5.41) is 17.4. The zero-order valence-electron chi connectivity index (χ0n) is 5.40. The highest BCUT2D eigenvalue weighted by Crippen LogP contribution is 2.06. The third kappa shape index (κ3) is 1.17. The van der Waals surface area contributed by atoms with Gasteiger partial charge in [0.2, 0.25) is 5.91 Å². The predicted octanol–water partition coefficient (Wildman–Crippen LogP) is -1.30. The van der Waals surface area contributed by atoms with Gasteiger partial charge in [0.05, 0.1) is 6.61 Å². The van der Waals surface area contributed by atoms with Crippen molar-refractivity contribution in [3.8, 4) is 0 Å². The summed E-state index contributed by atoms with van der Waals surface area (Å²) in [6, 6.07) is 0. The average Bonchev–Trinajstić information content (AvgIpc) is 2.20. The molecular formula is C6H9NO3. The maximum atomic E-state index is 10.7. The Labute approximate surface area is 58.4 Å². The molecule has 1 aliphatic heterocycles. The van der Waals surface area contributed by atoms with E-state index in [0.717, 1.165) is 0 Å². The lowest BCUT2D eigenvalue weighted by atomic mass is 10.5. The summed E-state index contributed by atoms with van der Waals surface area (Å²) in [6.07, 6.45) is 1.83. The fourth-order valence-corrected chi connectivity index (χ4v) is 0.849. The molecule has 2 N–H and O–H groups in total. The number of carbonyl (C=O) groups is 1. The molecule has 4 heteroatoms. The zero-order chi connectivity index (χ0) is 7.56. The van der Waals surface area contributed by atoms with Gasteiger partial charge in [0.15, 0.2) is 0 Å². The number of rotatable bonds is 2. The first-order chi connectivity index (χ1) is 4.75. The molecule has 1 heterocycles. The molecule has 0 bridgehead atoms. The van der Waals surface area contributed by atoms with Crippen LogP contribution in [-0.2, 0) is 4.79 Å². The van der Waals surface area contributed by atoms with E-state index in [4.69, 9.17) is 10.2 Å². The third-order valence-corrected chi connectivity index (χ3v) is 1.35. The normalized spacial score (nSPS) is 24.4. The largest absolute Gasteiger partial charge is 0.395 e. The van der Waals surface area contributed by atoms with Crippen LogP contribution in [0.2, 0.25) is 0 Å². The van der Waals surface area contributed by atoms with Gasteiger partial charge in [-0.3, -0.25) is 4.79 Å². The molecule has 0 radical (unpaired) electrons. The van der Waals surface area contributed by atoms with E-state index in [-0.39, 0.29) is 19.1 Å². The van der Waals surface area contributed by atoms with Crippen molar-refractivity contribution in [2.75, 3.05) is 13.2 Å². The van der Waals surface area contributed by atoms with Gasteiger partial charge in [-0.05, 0) is 6.08 Å². The van der Waals surface area contributed by atoms with Crippen LogP contribution < -0.4 is 0 Å². The molecule has 10 heavy (non-hydrogen) atoms. The van der Waals surface area contributed by atoms with Gasteiger partial charge in [-0.15, -0.1) is 0 Å². The molecule has 1 aliphatic rings. The molecule has 4 nitrogen and oxygen atoms in total. The Kier molecular flexibility index (Phi) is 2.03. The predicted molar refractivity (Wildman–Crippen MR) is 33.9 cm³/mol. The molecule has 1 amide bonds. The molecule has 0 aliphatic carbocycles. The summed E-state index contributed by atoms with van der Waals surface area (Å²) < 4.78 is 0. The maximum Gasteiger partial charge on any atom is 0.248 e. The van der Waals surface area contributed by atoms with Gasteiger partial charge < -0.3 is 15.1 Å². The minimum absolute atomic E-state index is 0.121. The van der Waals surface area contributed by atoms with Gasteiger partial charge in [-0.25, -0.2) is 0 Å². The van der Waals surface area contributed by atoms with Crippen molar-refractivity contribution in [1.29, 1.82) is 0 Å². The van der Waals surface area contributed by atoms with Crippen LogP contribution in [0.1, 0.15) is 0 Å². The molecule has 0 aromatic carbocycles. The summed E-state index contributed by atoms with van der Waals surface area (Å²) in [4.78, 5) is 11.9. The Morgan fingerprint density at radius 1 is 1.70 bits per heavy atom. The number of hydrogen-bond acceptors (Lipinski definition) is 3. The molecule has 0 fully saturated rings. The minimum atomic E-state index is -0.848. The van der Waals surface area contributed by atoms with Gasteiger partial charge in [-0.1, -0.05) is 0 Å². The monoisotopic (exact) mass is 143 g/mol. The Morgan fingerprint density at radius 3 is 2.80 bits per heavy atom. The van der Waals surface area contributed by atoms with Crippen molar-refractivity contribution in [2.45, 2.75) is 6.23 Å². The number of β-amino-alcohol motifs (C(OH)–C–C–N with tert-alkyl or cyclic N) is 1. The average molecular weight is 143 g/mol. The van der Waals surface area contributed by atoms with E-state index >= 15 is 0 Å². The molecule has 1 atom stereocenters. The van der Waals surface area contributed by atoms with E-state index in [1.807, 2.05) is 0 Å². The second kappa shape index (κ2) is 2.81. The molecule has 0 saturated carbocycles. The lowest BCUT2D eigenvalue weighted by Gasteiger charge is -2.18. The lowest BCUT2D eigenvalue weighted by Crippen LogP contribution is -2.35. The van der Waals surface area contributed by atoms with Crippen LogP contribution in [0.5, 0.6) is 0 Å². The molecule has 0 aromatic heterocycles. The van der Waals surface area contributed by atoms with Crippen LogP contribution in [-0.4, -0.2) is 40.4 Å². The summed E-state index contributed by atoms with van der Waals surface area (Å²) in [5.41, 5.74) is 0. The van der Waals surface area contributed by atoms with Gasteiger partial charge in [0.1, 0.15) is 6.23 Å². The molecule has 0 unspecified atom stereocenters. The first-order valence-corrected chi connectivity index (χ1v) is 3.03. The quantitative estimate of drug-likeness (QED) is 0.505. The van der Waals surface area contributed by atoms with Crippen molar-refractivity contribution >= 4 is 5.91 Å². The number of nitrogens with zero attached hydrogens (tertiary/aromatic N) is 1. The molecule has 0 spiro atoms. The van der Waals surface area contributed by atoms with E-state index in [1.165, 1.54) is 17.1 Å².